The van der Waals surface area contributed by atoms with Crippen molar-refractivity contribution in [1.82, 2.24) is 30.0 Å². The summed E-state index contributed by atoms with van der Waals surface area (Å²) in [6.07, 6.45) is 1.80. The predicted octanol–water partition coefficient (Wildman–Crippen LogP) is 2.31. The van der Waals surface area contributed by atoms with Crippen molar-refractivity contribution >= 4 is 23.3 Å². The first kappa shape index (κ1) is 20.3. The van der Waals surface area contributed by atoms with Crippen molar-refractivity contribution in [2.45, 2.75) is 13.5 Å². The van der Waals surface area contributed by atoms with Gasteiger partial charge in [0.05, 0.1) is 5.69 Å². The van der Waals surface area contributed by atoms with Crippen LogP contribution >= 0.6 is 11.6 Å². The summed E-state index contributed by atoms with van der Waals surface area (Å²) in [4.78, 5) is 25.9. The minimum Gasteiger partial charge on any atom is -0.354 e. The molecule has 4 rings (SSSR count). The van der Waals surface area contributed by atoms with E-state index in [0.29, 0.717) is 17.4 Å². The normalized spacial score (nSPS) is 14.7. The van der Waals surface area contributed by atoms with Crippen LogP contribution < -0.4 is 10.2 Å². The number of rotatable bonds is 5. The summed E-state index contributed by atoms with van der Waals surface area (Å²) in [5.74, 6) is 1.40. The molecule has 0 saturated carbocycles. The number of halogens is 1. The van der Waals surface area contributed by atoms with E-state index in [2.05, 4.69) is 37.2 Å². The Labute approximate surface area is 180 Å². The number of anilines is 1. The molecule has 9 heteroatoms. The topological polar surface area (TPSA) is 79.2 Å². The highest BCUT2D eigenvalue weighted by Gasteiger charge is 2.17. The summed E-state index contributed by atoms with van der Waals surface area (Å²) < 4.78 is 1.62. The number of benzene rings is 1. The zero-order chi connectivity index (χ0) is 21.1. The monoisotopic (exact) mass is 425 g/mol. The lowest BCUT2D eigenvalue weighted by Crippen LogP contribution is -2.44. The van der Waals surface area contributed by atoms with Crippen LogP contribution in [-0.2, 0) is 6.54 Å². The van der Waals surface area contributed by atoms with Gasteiger partial charge in [-0.25, -0.2) is 14.6 Å². The number of amides is 1. The van der Waals surface area contributed by atoms with E-state index in [9.17, 15) is 4.79 Å². The van der Waals surface area contributed by atoms with Gasteiger partial charge in [0, 0.05) is 43.9 Å². The third kappa shape index (κ3) is 4.60. The predicted molar refractivity (Wildman–Crippen MR) is 116 cm³/mol. The lowest BCUT2D eigenvalue weighted by Gasteiger charge is -2.33. The van der Waals surface area contributed by atoms with Crippen LogP contribution in [0, 0.1) is 6.92 Å². The fourth-order valence-corrected chi connectivity index (χ4v) is 3.44. The maximum absolute atomic E-state index is 12.5. The molecule has 0 spiro atoms. The van der Waals surface area contributed by atoms with E-state index < -0.39 is 0 Å². The van der Waals surface area contributed by atoms with Gasteiger partial charge in [0.1, 0.15) is 11.6 Å². The zero-order valence-corrected chi connectivity index (χ0v) is 17.8. The Kier molecular flexibility index (Phi) is 5.96. The Morgan fingerprint density at radius 2 is 1.83 bits per heavy atom. The third-order valence-electron chi connectivity index (χ3n) is 5.13. The van der Waals surface area contributed by atoms with Gasteiger partial charge in [0.15, 0.2) is 0 Å². The van der Waals surface area contributed by atoms with Crippen LogP contribution in [0.25, 0.3) is 5.69 Å². The molecule has 1 N–H and O–H groups in total. The number of piperazine rings is 1. The van der Waals surface area contributed by atoms with Gasteiger partial charge in [-0.15, -0.1) is 5.10 Å². The van der Waals surface area contributed by atoms with Crippen molar-refractivity contribution in [1.29, 1.82) is 0 Å². The highest BCUT2D eigenvalue weighted by molar-refractivity contribution is 6.30. The standard InChI is InChI=1S/C21H24ClN7O/c1-15-25-20(26-29(15)18-6-4-17(22)5-7-18)21(30)24-14-16-3-8-19(23-13-16)28-11-9-27(2)10-12-28/h3-8,13H,9-12,14H2,1-2H3,(H,24,30). The number of nitrogens with one attached hydrogen (secondary N) is 1. The number of aromatic nitrogens is 4. The summed E-state index contributed by atoms with van der Waals surface area (Å²) in [5, 5.41) is 7.83. The molecule has 0 bridgehead atoms. The Morgan fingerprint density at radius 1 is 1.10 bits per heavy atom. The number of likely N-dealkylation sites (N-methyl/N-ethyl adjacent to an activating group) is 1. The Morgan fingerprint density at radius 3 is 2.50 bits per heavy atom. The van der Waals surface area contributed by atoms with Gasteiger partial charge < -0.3 is 15.1 Å². The second-order valence-electron chi connectivity index (χ2n) is 7.37. The maximum atomic E-state index is 12.5. The van der Waals surface area contributed by atoms with Crippen LogP contribution in [0.1, 0.15) is 22.0 Å². The van der Waals surface area contributed by atoms with Crippen molar-refractivity contribution in [2.75, 3.05) is 38.1 Å². The van der Waals surface area contributed by atoms with Crippen molar-refractivity contribution in [3.05, 3.63) is 64.8 Å². The summed E-state index contributed by atoms with van der Waals surface area (Å²) in [6.45, 7) is 6.19. The SMILES string of the molecule is Cc1nc(C(=O)NCc2ccc(N3CCN(C)CC3)nc2)nn1-c1ccc(Cl)cc1. The van der Waals surface area contributed by atoms with E-state index in [1.54, 1.807) is 29.9 Å². The number of carbonyl (C=O) groups excluding carboxylic acids is 1. The molecule has 0 radical (unpaired) electrons. The summed E-state index contributed by atoms with van der Waals surface area (Å²) >= 11 is 5.93. The molecule has 2 aromatic heterocycles. The number of aryl methyl sites for hydroxylation is 1. The fraction of sp³-hybridized carbons (Fsp3) is 0.333. The molecule has 1 aromatic carbocycles. The number of carbonyl (C=O) groups is 1. The fourth-order valence-electron chi connectivity index (χ4n) is 3.32. The Balaban J connectivity index is 1.37. The average molecular weight is 426 g/mol. The molecule has 8 nitrogen and oxygen atoms in total. The first-order valence-electron chi connectivity index (χ1n) is 9.86. The van der Waals surface area contributed by atoms with E-state index >= 15 is 0 Å². The lowest BCUT2D eigenvalue weighted by atomic mass is 10.2. The molecule has 1 saturated heterocycles. The van der Waals surface area contributed by atoms with Crippen LogP contribution in [0.5, 0.6) is 0 Å². The van der Waals surface area contributed by atoms with Crippen LogP contribution in [0.2, 0.25) is 5.02 Å². The number of pyridine rings is 1. The second-order valence-corrected chi connectivity index (χ2v) is 7.80. The van der Waals surface area contributed by atoms with E-state index in [0.717, 1.165) is 43.2 Å². The minimum absolute atomic E-state index is 0.129. The molecule has 0 atom stereocenters. The van der Waals surface area contributed by atoms with Crippen LogP contribution in [-0.4, -0.2) is 63.8 Å². The van der Waals surface area contributed by atoms with Crippen molar-refractivity contribution in [2.24, 2.45) is 0 Å². The summed E-state index contributed by atoms with van der Waals surface area (Å²) in [6, 6.07) is 11.2. The lowest BCUT2D eigenvalue weighted by molar-refractivity contribution is 0.0940. The van der Waals surface area contributed by atoms with Gasteiger partial charge in [-0.3, -0.25) is 4.79 Å². The molecular formula is C21H24ClN7O. The molecular weight excluding hydrogens is 402 g/mol. The van der Waals surface area contributed by atoms with Crippen LogP contribution in [0.4, 0.5) is 5.82 Å². The van der Waals surface area contributed by atoms with Gasteiger partial charge in [-0.1, -0.05) is 17.7 Å². The number of hydrogen-bond acceptors (Lipinski definition) is 6. The van der Waals surface area contributed by atoms with Crippen LogP contribution in [0.15, 0.2) is 42.6 Å². The van der Waals surface area contributed by atoms with E-state index in [4.69, 9.17) is 11.6 Å². The Hall–Kier alpha value is -2.97. The molecule has 0 unspecified atom stereocenters. The second kappa shape index (κ2) is 8.81. The van der Waals surface area contributed by atoms with Gasteiger partial charge in [-0.05, 0) is 49.9 Å². The molecule has 0 aliphatic carbocycles. The summed E-state index contributed by atoms with van der Waals surface area (Å²) in [7, 11) is 2.13. The molecule has 1 aliphatic heterocycles. The molecule has 3 heterocycles. The molecule has 3 aromatic rings. The van der Waals surface area contributed by atoms with Gasteiger partial charge in [0.25, 0.3) is 5.91 Å². The van der Waals surface area contributed by atoms with E-state index in [-0.39, 0.29) is 11.7 Å². The van der Waals surface area contributed by atoms with E-state index in [1.165, 1.54) is 0 Å². The average Bonchev–Trinajstić information content (AvgIpc) is 3.15. The molecule has 1 fully saturated rings. The molecule has 156 valence electrons. The first-order chi connectivity index (χ1) is 14.5. The smallest absolute Gasteiger partial charge is 0.291 e. The van der Waals surface area contributed by atoms with E-state index in [1.807, 2.05) is 24.3 Å². The molecule has 30 heavy (non-hydrogen) atoms. The van der Waals surface area contributed by atoms with Crippen molar-refractivity contribution < 1.29 is 4.79 Å². The minimum atomic E-state index is -0.325. The zero-order valence-electron chi connectivity index (χ0n) is 17.0. The van der Waals surface area contributed by atoms with Gasteiger partial charge in [0.2, 0.25) is 5.82 Å². The van der Waals surface area contributed by atoms with Crippen molar-refractivity contribution in [3.8, 4) is 5.69 Å². The maximum Gasteiger partial charge on any atom is 0.291 e. The Bertz CT molecular complexity index is 1010. The van der Waals surface area contributed by atoms with Crippen LogP contribution in [0.3, 0.4) is 0 Å². The highest BCUT2D eigenvalue weighted by Crippen LogP contribution is 2.15. The van der Waals surface area contributed by atoms with Gasteiger partial charge >= 0.3 is 0 Å². The first-order valence-corrected chi connectivity index (χ1v) is 10.2. The molecule has 1 amide bonds. The number of hydrogen-bond donors (Lipinski definition) is 1. The molecule has 1 aliphatic rings. The highest BCUT2D eigenvalue weighted by atomic mass is 35.5. The quantitative estimate of drug-likeness (QED) is 0.675. The largest absolute Gasteiger partial charge is 0.354 e. The van der Waals surface area contributed by atoms with Gasteiger partial charge in [-0.2, -0.15) is 0 Å². The number of nitrogens with zero attached hydrogens (tertiary/aromatic N) is 6. The van der Waals surface area contributed by atoms with Crippen molar-refractivity contribution in [3.63, 3.8) is 0 Å². The summed E-state index contributed by atoms with van der Waals surface area (Å²) in [5.41, 5.74) is 1.72. The third-order valence-corrected chi connectivity index (χ3v) is 5.38.